The predicted molar refractivity (Wildman–Crippen MR) is 517 cm³/mol. The van der Waals surface area contributed by atoms with Gasteiger partial charge in [0.2, 0.25) is 0 Å². The average molecular weight is 1770 g/mol. The first kappa shape index (κ1) is 89.5. The van der Waals surface area contributed by atoms with Gasteiger partial charge in [-0.25, -0.2) is 0 Å². The van der Waals surface area contributed by atoms with Crippen LogP contribution >= 0.6 is 135 Å². The number of halogens is 2. The fourth-order valence-corrected chi connectivity index (χ4v) is 26.7. The molecular weight excluding hydrogens is 1640 g/mol. The predicted octanol–water partition coefficient (Wildman–Crippen LogP) is 37.8. The van der Waals surface area contributed by atoms with Crippen molar-refractivity contribution in [2.45, 2.75) is 323 Å². The van der Waals surface area contributed by atoms with E-state index >= 15 is 0 Å². The molecule has 1 saturated heterocycles. The van der Waals surface area contributed by atoms with Gasteiger partial charge in [0.05, 0.1) is 7.57 Å². The van der Waals surface area contributed by atoms with Crippen LogP contribution in [-0.2, 0) is 30.4 Å². The molecule has 9 heterocycles. The van der Waals surface area contributed by atoms with E-state index in [0.29, 0.717) is 0 Å². The average Bonchev–Trinajstić information content (AvgIpc) is 1.59. The zero-order valence-corrected chi connectivity index (χ0v) is 77.8. The molecule has 8 aromatic heterocycles. The Morgan fingerprint density at radius 3 is 0.791 bits per heavy atom. The minimum atomic E-state index is 1.00. The van der Waals surface area contributed by atoms with Crippen LogP contribution in [0.1, 0.15) is 320 Å². The first-order valence-electron chi connectivity index (χ1n) is 43.3. The summed E-state index contributed by atoms with van der Waals surface area (Å²) in [6, 6.07) is 38.5. The maximum atomic E-state index is 4.94. The van der Waals surface area contributed by atoms with Crippen molar-refractivity contribution >= 4 is 205 Å². The molecule has 1 aliphatic heterocycles. The summed E-state index contributed by atoms with van der Waals surface area (Å²) < 4.78 is 15.9. The normalized spacial score (nSPS) is 12.3. The van der Waals surface area contributed by atoms with E-state index in [9.17, 15) is 0 Å². The van der Waals surface area contributed by atoms with E-state index in [4.69, 9.17) is 4.74 Å². The van der Waals surface area contributed by atoms with E-state index in [1.54, 1.807) is 11.1 Å². The second kappa shape index (κ2) is 51.4. The van der Waals surface area contributed by atoms with E-state index in [-0.39, 0.29) is 0 Å². The molecule has 12 aromatic rings. The van der Waals surface area contributed by atoms with Crippen molar-refractivity contribution in [3.8, 4) is 39.0 Å². The second-order valence-electron chi connectivity index (χ2n) is 31.1. The zero-order chi connectivity index (χ0) is 76.8. The number of fused-ring (bicyclic) bond motifs is 10. The topological polar surface area (TPSA) is 21.6 Å². The van der Waals surface area contributed by atoms with Gasteiger partial charge in [-0.3, -0.25) is 0 Å². The van der Waals surface area contributed by atoms with Crippen LogP contribution in [-0.4, -0.2) is 20.9 Å². The first-order chi connectivity index (χ1) is 54.2. The molecule has 0 saturated carbocycles. The second-order valence-corrected chi connectivity index (χ2v) is 42.2. The Hall–Kier alpha value is -2.83. The van der Waals surface area contributed by atoms with Crippen LogP contribution in [0.4, 0.5) is 0 Å². The van der Waals surface area contributed by atoms with Crippen molar-refractivity contribution in [3.05, 3.63) is 138 Å². The summed E-state index contributed by atoms with van der Waals surface area (Å²) in [4.78, 5) is 11.7. The Morgan fingerprint density at radius 2 is 0.545 bits per heavy atom. The van der Waals surface area contributed by atoms with Crippen LogP contribution in [0.3, 0.4) is 0 Å². The monoisotopic (exact) mass is 1770 g/mol. The first-order valence-corrected chi connectivity index (χ1v) is 52.0. The number of hydrogen-bond donors (Lipinski definition) is 1. The van der Waals surface area contributed by atoms with Crippen LogP contribution in [0.5, 0.6) is 0 Å². The summed E-state index contributed by atoms with van der Waals surface area (Å²) in [5.74, 6) is 0. The molecule has 0 bridgehead atoms. The van der Waals surface area contributed by atoms with E-state index in [1.807, 2.05) is 90.7 Å². The van der Waals surface area contributed by atoms with Gasteiger partial charge in [0, 0.05) is 92.6 Å². The van der Waals surface area contributed by atoms with Gasteiger partial charge in [-0.15, -0.1) is 90.7 Å². The fraction of sp³-hybridized carbons (Fsp3) is 0.542. The van der Waals surface area contributed by atoms with Gasteiger partial charge >= 0.3 is 24.8 Å². The minimum absolute atomic E-state index is 1.00. The Morgan fingerprint density at radius 1 is 0.309 bits per heavy atom. The van der Waals surface area contributed by atoms with Crippen LogP contribution < -0.4 is 0 Å². The number of aryl methyl sites for hydroxylation is 4. The van der Waals surface area contributed by atoms with Gasteiger partial charge in [-0.1, -0.05) is 307 Å². The van der Waals surface area contributed by atoms with Crippen molar-refractivity contribution in [3.63, 3.8) is 0 Å². The Bertz CT molecular complexity index is 4280. The molecule has 1 radical (unpaired) electrons. The SMILES string of the molecule is C1CCOC1.CCCCCCCCCCCCc1cc(Br)sc1-c1cc2ccc3c(ccc4cc(-c5sc(Br)cc5CCCCCCCCCCCC)sc43)c2s1.CCCCCCCCCCCCc1ccsc1-c1cc2ccc3c(ccc4cc(-c5sccc5CCCCCCCCCCCC)sc43)c2s1.[B]=NS. The molecule has 0 spiro atoms. The number of thiol groups is 1. The van der Waals surface area contributed by atoms with Gasteiger partial charge in [-0.2, -0.15) is 0 Å². The van der Waals surface area contributed by atoms with E-state index < -0.39 is 0 Å². The Balaban J connectivity index is 0.000000213. The van der Waals surface area contributed by atoms with E-state index in [0.717, 1.165) is 13.2 Å². The molecule has 4 aromatic carbocycles. The zero-order valence-electron chi connectivity index (χ0n) is 67.2. The quantitative estimate of drug-likeness (QED) is 0.0229. The van der Waals surface area contributed by atoms with Crippen molar-refractivity contribution < 1.29 is 4.74 Å². The molecule has 1 fully saturated rings. The molecular formula is C96H127BBr2NOS9. The van der Waals surface area contributed by atoms with Crippen molar-refractivity contribution in [2.24, 2.45) is 4.30 Å². The molecule has 2 nitrogen and oxygen atoms in total. The third kappa shape index (κ3) is 27.9. The summed E-state index contributed by atoms with van der Waals surface area (Å²) >= 11 is 26.6. The summed E-state index contributed by atoms with van der Waals surface area (Å²) in [5.41, 5.74) is 6.15. The van der Waals surface area contributed by atoms with Gasteiger partial charge < -0.3 is 4.74 Å². The van der Waals surface area contributed by atoms with E-state index in [1.165, 1.54) is 415 Å². The van der Waals surface area contributed by atoms with E-state index in [2.05, 4.69) is 192 Å². The fourth-order valence-electron chi connectivity index (χ4n) is 16.0. The molecule has 0 atom stereocenters. The Labute approximate surface area is 719 Å². The summed E-state index contributed by atoms with van der Waals surface area (Å²) in [7, 11) is 4.34. The number of benzene rings is 4. The summed E-state index contributed by atoms with van der Waals surface area (Å²) in [6.45, 7) is 11.2. The molecule has 1 aliphatic rings. The van der Waals surface area contributed by atoms with Gasteiger partial charge in [0.25, 0.3) is 0 Å². The Kier molecular flexibility index (Phi) is 41.8. The summed E-state index contributed by atoms with van der Waals surface area (Å²) in [6.07, 6.45) is 63.0. The number of ether oxygens (including phenoxy) is 1. The van der Waals surface area contributed by atoms with Crippen molar-refractivity contribution in [1.82, 2.24) is 0 Å². The standard InChI is InChI=1S/C46H58Br2S4.C46H60S4.C4H8O.BHNS/c1-3-5-7-9-11-13-15-17-19-21-23-33-31-41(47)51-45(33)39-29-35-25-27-38-37(43(35)49-39)28-26-36-30-40(50-44(36)38)46-34(32-42(48)52-46)24-22-20-18-16-14-12-10-8-6-4-2;1-3-5-7-9-11-13-15-17-19-21-23-35-29-31-47-45(35)41-33-37-25-27-40-39(43(37)49-41)28-26-38-34-42(50-44(38)40)46-36(30-32-48-46)24-22-20-18-16-14-12-10-8-6-4-2;1-2-4-5-3-1;1-2-3/h25-32H,3-24H2,1-2H3;25-34H,3-24H2,1-2H3;1-4H2;3H. The molecule has 0 N–H and O–H groups in total. The van der Waals surface area contributed by atoms with Gasteiger partial charge in [0.15, 0.2) is 0 Å². The third-order valence-corrected chi connectivity index (χ3v) is 33.0. The van der Waals surface area contributed by atoms with Crippen LogP contribution in [0.25, 0.3) is 101 Å². The number of thiophene rings is 8. The van der Waals surface area contributed by atoms with Gasteiger partial charge in [-0.05, 0) is 199 Å². The summed E-state index contributed by atoms with van der Waals surface area (Å²) in [5, 5.41) is 15.8. The molecule has 110 heavy (non-hydrogen) atoms. The third-order valence-electron chi connectivity index (χ3n) is 22.3. The van der Waals surface area contributed by atoms with Crippen LogP contribution in [0.2, 0.25) is 0 Å². The van der Waals surface area contributed by atoms with Gasteiger partial charge in [0.1, 0.15) is 0 Å². The number of nitrogens with zero attached hydrogens (tertiary/aromatic N) is 1. The number of rotatable bonds is 48. The van der Waals surface area contributed by atoms with Crippen LogP contribution in [0.15, 0.2) is 120 Å². The number of unbranched alkanes of at least 4 members (excludes halogenated alkanes) is 36. The molecule has 0 unspecified atom stereocenters. The number of hydrogen-bond acceptors (Lipinski definition) is 11. The van der Waals surface area contributed by atoms with Crippen molar-refractivity contribution in [1.29, 1.82) is 0 Å². The molecule has 0 aliphatic carbocycles. The molecule has 0 amide bonds. The van der Waals surface area contributed by atoms with Crippen LogP contribution in [0, 0.1) is 0 Å². The molecule has 14 heteroatoms. The molecule has 593 valence electrons. The molecule has 13 rings (SSSR count). The van der Waals surface area contributed by atoms with Crippen molar-refractivity contribution in [2.75, 3.05) is 13.2 Å². The maximum absolute atomic E-state index is 4.94.